The number of aliphatic hydroxyl groups is 1. The van der Waals surface area contributed by atoms with E-state index >= 15 is 0 Å². The van der Waals surface area contributed by atoms with Crippen molar-refractivity contribution in [3.63, 3.8) is 0 Å². The SMILES string of the molecule is CCCOc1ccc(C2C(C(=O)c3ccc(C)o3)=C(O)C(=O)N2c2nc(C)c(C(C)=O)s2)cc1OCC. The van der Waals surface area contributed by atoms with Gasteiger partial charge in [0, 0.05) is 6.92 Å². The topological polar surface area (TPSA) is 119 Å². The van der Waals surface area contributed by atoms with Crippen molar-refractivity contribution in [1.29, 1.82) is 0 Å². The number of amides is 1. The van der Waals surface area contributed by atoms with E-state index in [0.717, 1.165) is 17.8 Å². The van der Waals surface area contributed by atoms with Crippen molar-refractivity contribution in [2.45, 2.75) is 47.1 Å². The number of rotatable bonds is 10. The first-order valence-corrected chi connectivity index (χ1v) is 12.7. The van der Waals surface area contributed by atoms with Crippen LogP contribution in [0.25, 0.3) is 0 Å². The summed E-state index contributed by atoms with van der Waals surface area (Å²) >= 11 is 1.03. The standard InChI is InChI=1S/C27H28N2O7S/c1-6-12-35-18-11-9-17(13-20(18)34-7-2)22-21(23(31)19-10-8-14(3)36-19)24(32)26(33)29(22)27-28-15(4)25(37-27)16(5)30/h8-11,13,22,32H,6-7,12H2,1-5H3. The van der Waals surface area contributed by atoms with Crippen LogP contribution in [0.15, 0.2) is 46.1 Å². The van der Waals surface area contributed by atoms with E-state index in [4.69, 9.17) is 13.9 Å². The predicted octanol–water partition coefficient (Wildman–Crippen LogP) is 5.53. The van der Waals surface area contributed by atoms with E-state index < -0.39 is 23.5 Å². The normalized spacial score (nSPS) is 15.4. The Morgan fingerprint density at radius 2 is 1.89 bits per heavy atom. The lowest BCUT2D eigenvalue weighted by atomic mass is 9.95. The van der Waals surface area contributed by atoms with Gasteiger partial charge in [0.25, 0.3) is 5.91 Å². The molecular weight excluding hydrogens is 496 g/mol. The Kier molecular flexibility index (Phi) is 7.49. The van der Waals surface area contributed by atoms with Crippen LogP contribution >= 0.6 is 11.3 Å². The first-order chi connectivity index (χ1) is 17.7. The molecule has 0 aliphatic carbocycles. The van der Waals surface area contributed by atoms with E-state index in [9.17, 15) is 19.5 Å². The van der Waals surface area contributed by atoms with Gasteiger partial charge in [-0.2, -0.15) is 0 Å². The Balaban J connectivity index is 1.89. The Morgan fingerprint density at radius 1 is 1.14 bits per heavy atom. The second-order valence-corrected chi connectivity index (χ2v) is 9.51. The van der Waals surface area contributed by atoms with Gasteiger partial charge in [0.1, 0.15) is 5.76 Å². The fourth-order valence-corrected chi connectivity index (χ4v) is 5.13. The zero-order valence-corrected chi connectivity index (χ0v) is 22.1. The number of nitrogens with zero attached hydrogens (tertiary/aromatic N) is 2. The molecule has 0 fully saturated rings. The van der Waals surface area contributed by atoms with E-state index in [2.05, 4.69) is 4.98 Å². The van der Waals surface area contributed by atoms with Gasteiger partial charge in [0.2, 0.25) is 5.78 Å². The molecule has 1 aromatic carbocycles. The fraction of sp³-hybridized carbons (Fsp3) is 0.333. The molecule has 10 heteroatoms. The summed E-state index contributed by atoms with van der Waals surface area (Å²) in [7, 11) is 0. The molecule has 3 aromatic rings. The highest BCUT2D eigenvalue weighted by atomic mass is 32.1. The maximum absolute atomic E-state index is 13.6. The summed E-state index contributed by atoms with van der Waals surface area (Å²) in [5, 5.41) is 11.2. The molecule has 0 bridgehead atoms. The van der Waals surface area contributed by atoms with Crippen LogP contribution < -0.4 is 14.4 Å². The molecule has 9 nitrogen and oxygen atoms in total. The van der Waals surface area contributed by atoms with Crippen LogP contribution in [-0.2, 0) is 4.79 Å². The quantitative estimate of drug-likeness (QED) is 0.344. The molecule has 1 unspecified atom stereocenters. The number of anilines is 1. The number of Topliss-reactive ketones (excluding diaryl/α,β-unsaturated/α-hetero) is 2. The Labute approximate surface area is 218 Å². The summed E-state index contributed by atoms with van der Waals surface area (Å²) in [5.41, 5.74) is 0.799. The molecule has 1 atom stereocenters. The molecule has 1 amide bonds. The predicted molar refractivity (Wildman–Crippen MR) is 138 cm³/mol. The number of aryl methyl sites for hydroxylation is 2. The zero-order chi connectivity index (χ0) is 26.9. The summed E-state index contributed by atoms with van der Waals surface area (Å²) in [5.74, 6) is -0.862. The van der Waals surface area contributed by atoms with Gasteiger partial charge in [0.05, 0.1) is 35.4 Å². The number of aromatic nitrogens is 1. The number of aliphatic hydroxyl groups excluding tert-OH is 1. The van der Waals surface area contributed by atoms with Crippen LogP contribution in [0.5, 0.6) is 11.5 Å². The summed E-state index contributed by atoms with van der Waals surface area (Å²) < 4.78 is 17.1. The molecule has 1 N–H and O–H groups in total. The summed E-state index contributed by atoms with van der Waals surface area (Å²) in [4.78, 5) is 45.1. The van der Waals surface area contributed by atoms with Crippen molar-refractivity contribution in [2.75, 3.05) is 18.1 Å². The number of thiazole rings is 1. The number of benzene rings is 1. The summed E-state index contributed by atoms with van der Waals surface area (Å²) in [6, 6.07) is 7.19. The van der Waals surface area contributed by atoms with Crippen LogP contribution in [0.3, 0.4) is 0 Å². The number of ether oxygens (including phenoxy) is 2. The van der Waals surface area contributed by atoms with E-state index in [0.29, 0.717) is 46.6 Å². The second-order valence-electron chi connectivity index (χ2n) is 8.53. The molecule has 2 aromatic heterocycles. The van der Waals surface area contributed by atoms with Gasteiger partial charge in [-0.1, -0.05) is 24.3 Å². The second kappa shape index (κ2) is 10.6. The minimum absolute atomic E-state index is 0.00799. The van der Waals surface area contributed by atoms with Gasteiger partial charge >= 0.3 is 0 Å². The Bertz CT molecular complexity index is 1400. The number of hydrogen-bond acceptors (Lipinski definition) is 9. The summed E-state index contributed by atoms with van der Waals surface area (Å²) in [6.07, 6.45) is 0.803. The minimum atomic E-state index is -1.05. The summed E-state index contributed by atoms with van der Waals surface area (Å²) in [6.45, 7) is 9.46. The first-order valence-electron chi connectivity index (χ1n) is 11.9. The van der Waals surface area contributed by atoms with Gasteiger partial charge in [-0.15, -0.1) is 0 Å². The molecule has 1 aliphatic rings. The van der Waals surface area contributed by atoms with Crippen molar-refractivity contribution in [3.8, 4) is 11.5 Å². The fourth-order valence-electron chi connectivity index (χ4n) is 4.15. The molecule has 194 valence electrons. The number of carbonyl (C=O) groups excluding carboxylic acids is 3. The number of carbonyl (C=O) groups is 3. The minimum Gasteiger partial charge on any atom is -0.503 e. The molecule has 0 saturated heterocycles. The molecule has 4 rings (SSSR count). The zero-order valence-electron chi connectivity index (χ0n) is 21.3. The molecule has 1 aliphatic heterocycles. The number of hydrogen-bond donors (Lipinski definition) is 1. The highest BCUT2D eigenvalue weighted by molar-refractivity contribution is 7.17. The van der Waals surface area contributed by atoms with Crippen LogP contribution in [0.1, 0.15) is 70.5 Å². The third-order valence-electron chi connectivity index (χ3n) is 5.77. The highest BCUT2D eigenvalue weighted by Crippen LogP contribution is 2.45. The molecule has 37 heavy (non-hydrogen) atoms. The lowest BCUT2D eigenvalue weighted by Crippen LogP contribution is -2.31. The van der Waals surface area contributed by atoms with Gasteiger partial charge < -0.3 is 19.0 Å². The van der Waals surface area contributed by atoms with Crippen molar-refractivity contribution in [2.24, 2.45) is 0 Å². The maximum Gasteiger partial charge on any atom is 0.296 e. The van der Waals surface area contributed by atoms with Gasteiger partial charge in [-0.3, -0.25) is 19.3 Å². The van der Waals surface area contributed by atoms with E-state index in [1.165, 1.54) is 17.9 Å². The van der Waals surface area contributed by atoms with Crippen LogP contribution in [0, 0.1) is 13.8 Å². The largest absolute Gasteiger partial charge is 0.503 e. The first kappa shape index (κ1) is 26.2. The lowest BCUT2D eigenvalue weighted by molar-refractivity contribution is -0.117. The van der Waals surface area contributed by atoms with Gasteiger partial charge in [0.15, 0.2) is 33.9 Å². The maximum atomic E-state index is 13.6. The van der Waals surface area contributed by atoms with Crippen molar-refractivity contribution in [3.05, 3.63) is 69.3 Å². The highest BCUT2D eigenvalue weighted by Gasteiger charge is 2.47. The molecule has 0 radical (unpaired) electrons. The molecular formula is C27H28N2O7S. The van der Waals surface area contributed by atoms with Crippen LogP contribution in [0.4, 0.5) is 5.13 Å². The Morgan fingerprint density at radius 3 is 2.49 bits per heavy atom. The molecule has 0 saturated carbocycles. The van der Waals surface area contributed by atoms with Crippen LogP contribution in [0.2, 0.25) is 0 Å². The third-order valence-corrected chi connectivity index (χ3v) is 7.03. The van der Waals surface area contributed by atoms with Gasteiger partial charge in [-0.05, 0) is 57.0 Å². The van der Waals surface area contributed by atoms with Crippen molar-refractivity contribution >= 4 is 33.9 Å². The smallest absolute Gasteiger partial charge is 0.296 e. The molecule has 0 spiro atoms. The Hall–Kier alpha value is -3.92. The average Bonchev–Trinajstić information content (AvgIpc) is 3.54. The third kappa shape index (κ3) is 4.89. The van der Waals surface area contributed by atoms with Gasteiger partial charge in [-0.25, -0.2) is 4.98 Å². The monoisotopic (exact) mass is 524 g/mol. The van der Waals surface area contributed by atoms with Crippen molar-refractivity contribution in [1.82, 2.24) is 4.98 Å². The number of furan rings is 1. The number of ketones is 2. The molecule has 3 heterocycles. The van der Waals surface area contributed by atoms with Crippen LogP contribution in [-0.4, -0.2) is 40.8 Å². The average molecular weight is 525 g/mol. The lowest BCUT2D eigenvalue weighted by Gasteiger charge is -2.25. The van der Waals surface area contributed by atoms with E-state index in [1.54, 1.807) is 38.1 Å². The van der Waals surface area contributed by atoms with E-state index in [1.807, 2.05) is 13.8 Å². The van der Waals surface area contributed by atoms with E-state index in [-0.39, 0.29) is 22.2 Å². The van der Waals surface area contributed by atoms with Crippen molar-refractivity contribution < 1.29 is 33.4 Å².